The molecule has 4 N–H and O–H groups in total. The summed E-state index contributed by atoms with van der Waals surface area (Å²) in [6.07, 6.45) is 7.87. The summed E-state index contributed by atoms with van der Waals surface area (Å²) in [6, 6.07) is 15.7. The second kappa shape index (κ2) is 17.8. The van der Waals surface area contributed by atoms with Gasteiger partial charge in [-0.1, -0.05) is 31.6 Å². The van der Waals surface area contributed by atoms with Crippen LogP contribution in [0.4, 0.5) is 23.0 Å². The fourth-order valence-electron chi connectivity index (χ4n) is 9.33. The van der Waals surface area contributed by atoms with Crippen LogP contribution in [0.3, 0.4) is 0 Å². The number of allylic oxidation sites excluding steroid dienone is 1. The number of rotatable bonds is 15. The third kappa shape index (κ3) is 8.13. The zero-order chi connectivity index (χ0) is 45.4. The Morgan fingerprint density at radius 3 is 2.51 bits per heavy atom. The largest absolute Gasteiger partial charge is 0.384 e. The van der Waals surface area contributed by atoms with Gasteiger partial charge in [-0.25, -0.2) is 19.3 Å². The van der Waals surface area contributed by atoms with Gasteiger partial charge < -0.3 is 25.5 Å². The maximum Gasteiger partial charge on any atom is 0.278 e. The molecule has 3 aromatic heterocycles. The van der Waals surface area contributed by atoms with Gasteiger partial charge in [0.15, 0.2) is 11.5 Å². The summed E-state index contributed by atoms with van der Waals surface area (Å²) in [4.78, 5) is 96.4. The molecular weight excluding hydrogens is 831 g/mol. The molecule has 18 nitrogen and oxygen atoms in total. The number of piperidine rings is 1. The van der Waals surface area contributed by atoms with Crippen molar-refractivity contribution in [2.45, 2.75) is 82.9 Å². The number of aliphatic hydroxyl groups is 1. The molecule has 336 valence electrons. The highest BCUT2D eigenvalue weighted by molar-refractivity contribution is 6.25. The Hall–Kier alpha value is -7.21. The Morgan fingerprint density at radius 1 is 0.954 bits per heavy atom. The summed E-state index contributed by atoms with van der Waals surface area (Å²) >= 11 is 0. The van der Waals surface area contributed by atoms with Gasteiger partial charge in [0.2, 0.25) is 23.7 Å². The monoisotopic (exact) mass is 881 g/mol. The Balaban J connectivity index is 0.751. The molecule has 2 saturated heterocycles. The Labute approximate surface area is 374 Å². The third-order valence-electron chi connectivity index (χ3n) is 13.0. The van der Waals surface area contributed by atoms with E-state index in [0.717, 1.165) is 41.1 Å². The number of pyridine rings is 1. The summed E-state index contributed by atoms with van der Waals surface area (Å²) in [5.41, 5.74) is 3.48. The number of amides is 5. The maximum absolute atomic E-state index is 13.5. The number of carbonyl (C=O) groups is 5. The van der Waals surface area contributed by atoms with Gasteiger partial charge in [0, 0.05) is 68.8 Å². The fraction of sp³-hybridized carbons (Fsp3) is 0.383. The molecule has 1 unspecified atom stereocenters. The summed E-state index contributed by atoms with van der Waals surface area (Å²) in [5.74, 6) is -1.26. The SMILES string of the molecule is C=CCn1c(=O)c2cnc(Nc3ccc(N4CCN(C(=O)CCCCCNc5cccc6c5C(=O)N(C5CCC(=O)NC5=O)C6=O)CC4)cc3)nc2n1-c1ccc2c(n1)[C@@](O)(CC)CC2. The topological polar surface area (TPSA) is 217 Å². The predicted octanol–water partition coefficient (Wildman–Crippen LogP) is 4.17. The second-order valence-electron chi connectivity index (χ2n) is 16.9. The average Bonchev–Trinajstić information content (AvgIpc) is 3.89. The van der Waals surface area contributed by atoms with Crippen molar-refractivity contribution >= 4 is 63.6 Å². The van der Waals surface area contributed by atoms with Gasteiger partial charge in [0.25, 0.3) is 17.4 Å². The van der Waals surface area contributed by atoms with Crippen LogP contribution in [0.25, 0.3) is 16.9 Å². The van der Waals surface area contributed by atoms with Crippen LogP contribution in [0.2, 0.25) is 0 Å². The number of piperazine rings is 1. The van der Waals surface area contributed by atoms with Crippen molar-refractivity contribution in [3.63, 3.8) is 0 Å². The summed E-state index contributed by atoms with van der Waals surface area (Å²) in [7, 11) is 0. The van der Waals surface area contributed by atoms with Gasteiger partial charge in [-0.15, -0.1) is 6.58 Å². The van der Waals surface area contributed by atoms with Gasteiger partial charge in [0.1, 0.15) is 17.0 Å². The van der Waals surface area contributed by atoms with Crippen molar-refractivity contribution in [3.8, 4) is 5.82 Å². The number of hydrogen-bond acceptors (Lipinski definition) is 13. The molecule has 4 aliphatic rings. The number of imide groups is 2. The van der Waals surface area contributed by atoms with E-state index in [1.807, 2.05) is 48.2 Å². The highest BCUT2D eigenvalue weighted by Crippen LogP contribution is 2.39. The molecule has 6 heterocycles. The number of anilines is 4. The van der Waals surface area contributed by atoms with Crippen molar-refractivity contribution in [2.75, 3.05) is 48.3 Å². The van der Waals surface area contributed by atoms with E-state index in [4.69, 9.17) is 9.97 Å². The number of aryl methyl sites for hydroxylation is 1. The van der Waals surface area contributed by atoms with E-state index in [1.165, 1.54) is 10.9 Å². The third-order valence-corrected chi connectivity index (χ3v) is 13.0. The molecule has 0 radical (unpaired) electrons. The van der Waals surface area contributed by atoms with Gasteiger partial charge in [-0.05, 0) is 86.6 Å². The van der Waals surface area contributed by atoms with E-state index < -0.39 is 35.3 Å². The molecule has 0 bridgehead atoms. The van der Waals surface area contributed by atoms with E-state index >= 15 is 0 Å². The molecule has 0 saturated carbocycles. The normalized spacial score (nSPS) is 19.4. The van der Waals surface area contributed by atoms with Crippen molar-refractivity contribution in [2.24, 2.45) is 0 Å². The van der Waals surface area contributed by atoms with E-state index in [-0.39, 0.29) is 42.0 Å². The second-order valence-corrected chi connectivity index (χ2v) is 16.9. The smallest absolute Gasteiger partial charge is 0.278 e. The number of nitrogens with one attached hydrogen (secondary N) is 3. The molecule has 0 spiro atoms. The van der Waals surface area contributed by atoms with Crippen molar-refractivity contribution in [3.05, 3.63) is 106 Å². The van der Waals surface area contributed by atoms with Gasteiger partial charge in [-0.2, -0.15) is 4.98 Å². The van der Waals surface area contributed by atoms with Crippen LogP contribution in [0, 0.1) is 0 Å². The molecular formula is C47H51N11O7. The first-order chi connectivity index (χ1) is 31.5. The van der Waals surface area contributed by atoms with Gasteiger partial charge >= 0.3 is 0 Å². The predicted molar refractivity (Wildman–Crippen MR) is 242 cm³/mol. The van der Waals surface area contributed by atoms with Crippen LogP contribution in [0.1, 0.15) is 90.3 Å². The number of benzene rings is 2. The zero-order valence-electron chi connectivity index (χ0n) is 36.2. The lowest BCUT2D eigenvalue weighted by atomic mass is 9.98. The Bertz CT molecular complexity index is 2790. The first-order valence-electron chi connectivity index (χ1n) is 22.3. The molecule has 9 rings (SSSR count). The lowest BCUT2D eigenvalue weighted by Crippen LogP contribution is -2.54. The highest BCUT2D eigenvalue weighted by Gasteiger charge is 2.45. The van der Waals surface area contributed by atoms with Crippen LogP contribution in [-0.4, -0.2) is 108 Å². The number of carbonyl (C=O) groups excluding carboxylic acids is 5. The summed E-state index contributed by atoms with van der Waals surface area (Å²) in [6.45, 7) is 9.15. The van der Waals surface area contributed by atoms with Crippen LogP contribution >= 0.6 is 0 Å². The standard InChI is InChI=1S/C47H51N11O7/c1-3-23-56-43(62)33-28-49-46(53-41(33)58(56)36-18-12-29-20-21-47(65,4-2)40(29)51-36)50-30-13-15-31(16-14-30)54-24-26-55(27-25-54)38(60)11-6-5-7-22-48-34-10-8-9-32-39(34)45(64)57(44(32)63)35-17-19-37(59)52-42(35)61/h3,8-10,12-16,18,28,35,48,65H,1,4-7,11,17,19-27H2,2H3,(H,49,50,53)(H,52,59,61)/t35?,47-/m1/s1. The van der Waals surface area contributed by atoms with E-state index in [1.54, 1.807) is 29.0 Å². The highest BCUT2D eigenvalue weighted by atomic mass is 16.3. The average molecular weight is 882 g/mol. The van der Waals surface area contributed by atoms with Gasteiger partial charge in [-0.3, -0.25) is 39.0 Å². The minimum absolute atomic E-state index is 0.0588. The Morgan fingerprint density at radius 2 is 1.75 bits per heavy atom. The summed E-state index contributed by atoms with van der Waals surface area (Å²) < 4.78 is 3.19. The van der Waals surface area contributed by atoms with E-state index in [2.05, 4.69) is 32.4 Å². The molecule has 2 aromatic carbocycles. The quantitative estimate of drug-likeness (QED) is 0.0661. The maximum atomic E-state index is 13.5. The lowest BCUT2D eigenvalue weighted by Gasteiger charge is -2.36. The van der Waals surface area contributed by atoms with Crippen LogP contribution in [-0.2, 0) is 33.0 Å². The first-order valence-corrected chi connectivity index (χ1v) is 22.3. The molecule has 2 atom stereocenters. The minimum atomic E-state index is -1.02. The molecule has 65 heavy (non-hydrogen) atoms. The lowest BCUT2D eigenvalue weighted by molar-refractivity contribution is -0.136. The molecule has 1 aliphatic carbocycles. The number of fused-ring (bicyclic) bond motifs is 3. The van der Waals surface area contributed by atoms with Crippen LogP contribution < -0.4 is 26.4 Å². The molecule has 5 amide bonds. The van der Waals surface area contributed by atoms with Crippen molar-refractivity contribution in [1.29, 1.82) is 0 Å². The van der Waals surface area contributed by atoms with Crippen molar-refractivity contribution < 1.29 is 29.1 Å². The zero-order valence-corrected chi connectivity index (χ0v) is 36.2. The number of aromatic nitrogens is 5. The minimum Gasteiger partial charge on any atom is -0.384 e. The summed E-state index contributed by atoms with van der Waals surface area (Å²) in [5, 5.41) is 20.4. The van der Waals surface area contributed by atoms with Crippen LogP contribution in [0.5, 0.6) is 0 Å². The van der Waals surface area contributed by atoms with E-state index in [9.17, 15) is 33.9 Å². The molecule has 5 aromatic rings. The number of unbranched alkanes of at least 4 members (excludes halogenated alkanes) is 2. The van der Waals surface area contributed by atoms with Gasteiger partial charge in [0.05, 0.1) is 23.4 Å². The van der Waals surface area contributed by atoms with Crippen molar-refractivity contribution in [1.82, 2.24) is 39.4 Å². The van der Waals surface area contributed by atoms with E-state index in [0.29, 0.717) is 92.6 Å². The molecule has 2 fully saturated rings. The molecule has 3 aliphatic heterocycles. The van der Waals surface area contributed by atoms with Crippen LogP contribution in [0.15, 0.2) is 78.2 Å². The first kappa shape index (κ1) is 43.1. The molecule has 18 heteroatoms. The number of nitrogens with zero attached hydrogens (tertiary/aromatic N) is 8. The number of hydrogen-bond donors (Lipinski definition) is 4. The Kier molecular flexibility index (Phi) is 11.8. The fourth-order valence-corrected chi connectivity index (χ4v) is 9.33.